The molecule has 2 aromatic heterocycles. The zero-order valence-corrected chi connectivity index (χ0v) is 22.5. The average Bonchev–Trinajstić information content (AvgIpc) is 3.32. The molecule has 0 spiro atoms. The minimum absolute atomic E-state index is 0.166. The second kappa shape index (κ2) is 13.2. The van der Waals surface area contributed by atoms with Gasteiger partial charge in [-0.3, -0.25) is 9.78 Å². The number of fused-ring (bicyclic) bond motifs is 1. The SMILES string of the molecule is COc1ccc2nccc(C(F)CC[C@@H]3CCN(CCCSc4cncn4C)C[C@@H]3CCC(=O)O)c2c1. The van der Waals surface area contributed by atoms with Crippen LogP contribution < -0.4 is 4.74 Å². The van der Waals surface area contributed by atoms with Gasteiger partial charge in [0.15, 0.2) is 0 Å². The number of rotatable bonds is 13. The van der Waals surface area contributed by atoms with Crippen LogP contribution in [-0.4, -0.2) is 63.0 Å². The van der Waals surface area contributed by atoms with Gasteiger partial charge < -0.3 is 19.3 Å². The van der Waals surface area contributed by atoms with Gasteiger partial charge >= 0.3 is 5.97 Å². The standard InChI is InChI=1S/C28H37FN4O3S/c1-32-19-30-17-27(32)37-15-3-13-33-14-11-20(21(18-33)5-9-28(34)35)4-7-25(29)23-10-12-31-26-8-6-22(36-2)16-24(23)26/h6,8,10,12,16-17,19-21,25H,3-5,7,9,11,13-15,18H2,1-2H3,(H,34,35)/t20-,21+,25?/m1/s1. The number of pyridine rings is 1. The summed E-state index contributed by atoms with van der Waals surface area (Å²) < 4.78 is 22.9. The second-order valence-corrected chi connectivity index (χ2v) is 11.0. The Morgan fingerprint density at radius 3 is 2.92 bits per heavy atom. The van der Waals surface area contributed by atoms with Crippen LogP contribution in [0.25, 0.3) is 10.9 Å². The number of nitrogens with zero attached hydrogens (tertiary/aromatic N) is 4. The number of carbonyl (C=O) groups is 1. The van der Waals surface area contributed by atoms with Crippen molar-refractivity contribution in [1.82, 2.24) is 19.4 Å². The third-order valence-corrected chi connectivity index (χ3v) is 8.64. The summed E-state index contributed by atoms with van der Waals surface area (Å²) in [6.45, 7) is 2.87. The first kappa shape index (κ1) is 27.4. The van der Waals surface area contributed by atoms with E-state index >= 15 is 4.39 Å². The number of piperidine rings is 1. The van der Waals surface area contributed by atoms with Gasteiger partial charge in [-0.2, -0.15) is 0 Å². The van der Waals surface area contributed by atoms with Crippen LogP contribution in [0.5, 0.6) is 5.75 Å². The van der Waals surface area contributed by atoms with Crippen LogP contribution in [0.3, 0.4) is 0 Å². The van der Waals surface area contributed by atoms with Gasteiger partial charge in [-0.05, 0) is 86.9 Å². The van der Waals surface area contributed by atoms with Gasteiger partial charge in [0.25, 0.3) is 0 Å². The third kappa shape index (κ3) is 7.45. The molecule has 4 rings (SSSR count). The van der Waals surface area contributed by atoms with Crippen molar-refractivity contribution in [2.75, 3.05) is 32.5 Å². The Kier molecular flexibility index (Phi) is 9.80. The highest BCUT2D eigenvalue weighted by molar-refractivity contribution is 7.99. The largest absolute Gasteiger partial charge is 0.497 e. The normalized spacial score (nSPS) is 19.2. The van der Waals surface area contributed by atoms with Crippen molar-refractivity contribution >= 4 is 28.6 Å². The van der Waals surface area contributed by atoms with Gasteiger partial charge in [0.1, 0.15) is 11.9 Å². The second-order valence-electron chi connectivity index (χ2n) is 9.91. The lowest BCUT2D eigenvalue weighted by atomic mass is 9.79. The summed E-state index contributed by atoms with van der Waals surface area (Å²) in [5.41, 5.74) is 1.41. The van der Waals surface area contributed by atoms with E-state index in [1.54, 1.807) is 19.4 Å². The molecule has 1 aliphatic rings. The Labute approximate surface area is 222 Å². The fourth-order valence-electron chi connectivity index (χ4n) is 5.39. The predicted octanol–water partition coefficient (Wildman–Crippen LogP) is 5.75. The Bertz CT molecular complexity index is 1170. The highest BCUT2D eigenvalue weighted by atomic mass is 32.2. The maximum Gasteiger partial charge on any atom is 0.303 e. The molecule has 1 aliphatic heterocycles. The van der Waals surface area contributed by atoms with Crippen molar-refractivity contribution in [2.45, 2.75) is 49.7 Å². The van der Waals surface area contributed by atoms with Crippen molar-refractivity contribution in [1.29, 1.82) is 0 Å². The molecular weight excluding hydrogens is 491 g/mol. The number of carboxylic acid groups (broad SMARTS) is 1. The molecular formula is C28H37FN4O3S. The van der Waals surface area contributed by atoms with Crippen LogP contribution in [0.4, 0.5) is 4.39 Å². The van der Waals surface area contributed by atoms with E-state index in [4.69, 9.17) is 4.74 Å². The molecule has 37 heavy (non-hydrogen) atoms. The molecule has 0 amide bonds. The van der Waals surface area contributed by atoms with Gasteiger partial charge in [0.05, 0.1) is 30.2 Å². The van der Waals surface area contributed by atoms with Crippen molar-refractivity contribution in [3.05, 3.63) is 48.5 Å². The Morgan fingerprint density at radius 1 is 1.30 bits per heavy atom. The first-order valence-electron chi connectivity index (χ1n) is 13.0. The molecule has 0 radical (unpaired) electrons. The summed E-state index contributed by atoms with van der Waals surface area (Å²) in [6, 6.07) is 7.31. The quantitative estimate of drug-likeness (QED) is 0.223. The van der Waals surface area contributed by atoms with E-state index in [0.29, 0.717) is 30.1 Å². The fraction of sp³-hybridized carbons (Fsp3) is 0.536. The number of thioether (sulfide) groups is 1. The number of ether oxygens (including phenoxy) is 1. The highest BCUT2D eigenvalue weighted by Gasteiger charge is 2.30. The molecule has 0 aliphatic carbocycles. The molecule has 1 unspecified atom stereocenters. The van der Waals surface area contributed by atoms with Gasteiger partial charge in [-0.15, -0.1) is 11.8 Å². The zero-order chi connectivity index (χ0) is 26.2. The van der Waals surface area contributed by atoms with Crippen LogP contribution in [-0.2, 0) is 11.8 Å². The molecule has 3 aromatic rings. The summed E-state index contributed by atoms with van der Waals surface area (Å²) in [5, 5.41) is 11.2. The maximum atomic E-state index is 15.5. The van der Waals surface area contributed by atoms with Crippen molar-refractivity contribution in [2.24, 2.45) is 18.9 Å². The summed E-state index contributed by atoms with van der Waals surface area (Å²) in [4.78, 5) is 22.3. The monoisotopic (exact) mass is 528 g/mol. The minimum Gasteiger partial charge on any atom is -0.497 e. The number of likely N-dealkylation sites (tertiary alicyclic amines) is 1. The summed E-state index contributed by atoms with van der Waals surface area (Å²) in [5.74, 6) is 1.56. The van der Waals surface area contributed by atoms with Crippen LogP contribution in [0.15, 0.2) is 48.0 Å². The lowest BCUT2D eigenvalue weighted by molar-refractivity contribution is -0.137. The van der Waals surface area contributed by atoms with Crippen molar-refractivity contribution in [3.63, 3.8) is 0 Å². The summed E-state index contributed by atoms with van der Waals surface area (Å²) in [6.07, 6.45) is 8.31. The van der Waals surface area contributed by atoms with Crippen molar-refractivity contribution in [3.8, 4) is 5.75 Å². The zero-order valence-electron chi connectivity index (χ0n) is 21.7. The lowest BCUT2D eigenvalue weighted by Gasteiger charge is -2.39. The van der Waals surface area contributed by atoms with E-state index in [9.17, 15) is 9.90 Å². The molecule has 1 fully saturated rings. The molecule has 1 N–H and O–H groups in total. The first-order chi connectivity index (χ1) is 17.9. The molecule has 9 heteroatoms. The van der Waals surface area contributed by atoms with E-state index in [-0.39, 0.29) is 12.3 Å². The average molecular weight is 529 g/mol. The number of imidazole rings is 1. The topological polar surface area (TPSA) is 80.5 Å². The smallest absolute Gasteiger partial charge is 0.303 e. The van der Waals surface area contributed by atoms with Gasteiger partial charge in [0.2, 0.25) is 0 Å². The van der Waals surface area contributed by atoms with Gasteiger partial charge in [-0.1, -0.05) is 0 Å². The van der Waals surface area contributed by atoms with E-state index in [1.165, 1.54) is 5.03 Å². The summed E-state index contributed by atoms with van der Waals surface area (Å²) in [7, 11) is 3.61. The van der Waals surface area contributed by atoms with E-state index in [0.717, 1.165) is 55.6 Å². The number of aromatic nitrogens is 3. The fourth-order valence-corrected chi connectivity index (χ4v) is 6.26. The van der Waals surface area contributed by atoms with E-state index in [2.05, 4.69) is 14.9 Å². The van der Waals surface area contributed by atoms with Gasteiger partial charge in [0, 0.05) is 37.3 Å². The molecule has 3 heterocycles. The molecule has 1 aromatic carbocycles. The summed E-state index contributed by atoms with van der Waals surface area (Å²) >= 11 is 1.81. The van der Waals surface area contributed by atoms with Crippen LogP contribution in [0.2, 0.25) is 0 Å². The number of halogens is 1. The first-order valence-corrected chi connectivity index (χ1v) is 14.0. The molecule has 0 bridgehead atoms. The van der Waals surface area contributed by atoms with Crippen LogP contribution >= 0.6 is 11.8 Å². The Morgan fingerprint density at radius 2 is 2.16 bits per heavy atom. The number of hydrogen-bond donors (Lipinski definition) is 1. The lowest BCUT2D eigenvalue weighted by Crippen LogP contribution is -2.41. The van der Waals surface area contributed by atoms with Crippen LogP contribution in [0.1, 0.15) is 50.3 Å². The van der Waals surface area contributed by atoms with E-state index < -0.39 is 12.1 Å². The number of carboxylic acids is 1. The molecule has 200 valence electrons. The van der Waals surface area contributed by atoms with Crippen LogP contribution in [0, 0.1) is 11.8 Å². The predicted molar refractivity (Wildman–Crippen MR) is 145 cm³/mol. The molecule has 7 nitrogen and oxygen atoms in total. The number of hydrogen-bond acceptors (Lipinski definition) is 6. The number of benzene rings is 1. The van der Waals surface area contributed by atoms with Gasteiger partial charge in [-0.25, -0.2) is 9.37 Å². The highest BCUT2D eigenvalue weighted by Crippen LogP contribution is 2.36. The minimum atomic E-state index is -1.10. The van der Waals surface area contributed by atoms with Crippen molar-refractivity contribution < 1.29 is 19.0 Å². The Hall–Kier alpha value is -2.65. The molecule has 0 saturated carbocycles. The number of aryl methyl sites for hydroxylation is 1. The number of alkyl halides is 1. The Balaban J connectivity index is 1.32. The molecule has 3 atom stereocenters. The number of methoxy groups -OCH3 is 1. The maximum absolute atomic E-state index is 15.5. The third-order valence-electron chi connectivity index (χ3n) is 7.46. The molecule has 1 saturated heterocycles. The van der Waals surface area contributed by atoms with E-state index in [1.807, 2.05) is 54.1 Å². The number of aliphatic carboxylic acids is 1.